The smallest absolute Gasteiger partial charge is 0.0431 e. The van der Waals surface area contributed by atoms with Crippen molar-refractivity contribution in [1.82, 2.24) is 0 Å². The van der Waals surface area contributed by atoms with Crippen LogP contribution in [0.4, 0.5) is 0 Å². The van der Waals surface area contributed by atoms with Crippen LogP contribution in [0.1, 0.15) is 12.8 Å². The van der Waals surface area contributed by atoms with Crippen molar-refractivity contribution in [3.05, 3.63) is 0 Å². The molecule has 0 fully saturated rings. The Morgan fingerprint density at radius 3 is 1.00 bits per heavy atom. The van der Waals surface area contributed by atoms with E-state index in [0.29, 0.717) is 0 Å². The topological polar surface area (TPSA) is 135 Å². The van der Waals surface area contributed by atoms with Crippen molar-refractivity contribution >= 4 is 0 Å². The van der Waals surface area contributed by atoms with E-state index in [-0.39, 0.29) is 51.4 Å². The number of hydrogen-bond donors (Lipinski definition) is 2. The third kappa shape index (κ3) is 38.9. The van der Waals surface area contributed by atoms with Crippen LogP contribution >= 0.6 is 0 Å². The fourth-order valence-corrected chi connectivity index (χ4v) is 0.224. The Kier molecular flexibility index (Phi) is 106. The summed E-state index contributed by atoms with van der Waals surface area (Å²) in [5.41, 5.74) is 0. The third-order valence-electron chi connectivity index (χ3n) is 0.566. The molecule has 0 aromatic carbocycles. The second-order valence-electron chi connectivity index (χ2n) is 1.15. The van der Waals surface area contributed by atoms with Gasteiger partial charge in [-0.15, -0.1) is 0 Å². The van der Waals surface area contributed by atoms with Gasteiger partial charge in [0.2, 0.25) is 0 Å². The van der Waals surface area contributed by atoms with Gasteiger partial charge in [0.05, 0.1) is 0 Å². The maximum atomic E-state index is 8.09. The van der Waals surface area contributed by atoms with Gasteiger partial charge in [-0.2, -0.15) is 0 Å². The molecule has 0 saturated carbocycles. The Labute approximate surface area is 74.9 Å². The van der Waals surface area contributed by atoms with E-state index in [1.807, 2.05) is 0 Å². The van der Waals surface area contributed by atoms with Crippen LogP contribution < -0.4 is 0 Å². The van der Waals surface area contributed by atoms with Crippen molar-refractivity contribution in [3.63, 3.8) is 0 Å². The molecule has 8 N–H and O–H groups in total. The second-order valence-corrected chi connectivity index (χ2v) is 1.15. The zero-order chi connectivity index (χ0) is 4.83. The molecule has 0 aromatic heterocycles. The van der Waals surface area contributed by atoms with Crippen LogP contribution in [0, 0.1) is 0 Å². The fraction of sp³-hybridized carbons (Fsp3) is 1.00. The van der Waals surface area contributed by atoms with Crippen LogP contribution in [0.25, 0.3) is 0 Å². The van der Waals surface area contributed by atoms with Crippen molar-refractivity contribution < 1.29 is 48.4 Å². The quantitative estimate of drug-likeness (QED) is 0.371. The normalized spacial score (nSPS) is 5.40. The minimum absolute atomic E-state index is 0. The number of aliphatic hydroxyl groups is 2. The van der Waals surface area contributed by atoms with Gasteiger partial charge < -0.3 is 26.6 Å². The Bertz CT molecular complexity index is 25.6. The monoisotopic (exact) mass is 192 g/mol. The summed E-state index contributed by atoms with van der Waals surface area (Å²) < 4.78 is 0. The average molecular weight is 192 g/mol. The molecule has 10 heavy (non-hydrogen) atoms. The number of aliphatic hydroxyl groups excluding tert-OH is 2. The minimum Gasteiger partial charge on any atom is -0.412 e. The van der Waals surface area contributed by atoms with E-state index in [9.17, 15) is 0 Å². The van der Waals surface area contributed by atoms with Gasteiger partial charge in [0.15, 0.2) is 0 Å². The molecule has 0 aliphatic carbocycles. The largest absolute Gasteiger partial charge is 0.412 e. The molecular weight excluding hydrogens is 176 g/mol. The summed E-state index contributed by atoms with van der Waals surface area (Å²) in [5.74, 6) is 0. The van der Waals surface area contributed by atoms with Crippen LogP contribution in [0.5, 0.6) is 0 Å². The number of rotatable bonds is 3. The molecule has 0 aromatic rings. The van der Waals surface area contributed by atoms with Gasteiger partial charge in [-0.1, -0.05) is 0 Å². The third-order valence-corrected chi connectivity index (χ3v) is 0.566. The molecule has 0 spiro atoms. The molecule has 5 nitrogen and oxygen atoms in total. The molecule has 0 heterocycles. The maximum Gasteiger partial charge on any atom is 0.0431 e. The summed E-state index contributed by atoms with van der Waals surface area (Å²) in [7, 11) is 0. The van der Waals surface area contributed by atoms with E-state index in [1.165, 1.54) is 0 Å². The zero-order valence-electron chi connectivity index (χ0n) is 5.72. The Balaban J connectivity index is -0.0000000208. The van der Waals surface area contributed by atoms with Crippen molar-refractivity contribution in [3.8, 4) is 0 Å². The molecule has 0 saturated heterocycles. The number of hydrogen-bond acceptors (Lipinski definition) is 2. The molecule has 6 heteroatoms. The average Bonchev–Trinajstić information content (AvgIpc) is 1.61. The standard InChI is InChI=1S/C4H10O2.3H2O.Ti/c5-3-1-2-4-6;;;;/h5-6H,1-4H2;3*1H2;. The van der Waals surface area contributed by atoms with Gasteiger partial charge in [0.25, 0.3) is 0 Å². The molecule has 0 rings (SSSR count). The van der Waals surface area contributed by atoms with E-state index in [2.05, 4.69) is 0 Å². The van der Waals surface area contributed by atoms with Crippen LogP contribution in [0.3, 0.4) is 0 Å². The molecule has 0 unspecified atom stereocenters. The fourth-order valence-electron chi connectivity index (χ4n) is 0.224. The van der Waals surface area contributed by atoms with E-state index in [0.717, 1.165) is 12.8 Å². The first-order valence-electron chi connectivity index (χ1n) is 2.13. The summed E-state index contributed by atoms with van der Waals surface area (Å²) in [6.07, 6.45) is 1.44. The number of unbranched alkanes of at least 4 members (excludes halogenated alkanes) is 1. The Morgan fingerprint density at radius 2 is 0.900 bits per heavy atom. The summed E-state index contributed by atoms with van der Waals surface area (Å²) in [5, 5.41) is 16.2. The van der Waals surface area contributed by atoms with Crippen LogP contribution in [-0.4, -0.2) is 39.9 Å². The van der Waals surface area contributed by atoms with Gasteiger partial charge in [0, 0.05) is 34.9 Å². The Hall–Kier alpha value is 0.514. The van der Waals surface area contributed by atoms with Gasteiger partial charge >= 0.3 is 0 Å². The molecule has 0 radical (unpaired) electrons. The predicted molar refractivity (Wildman–Crippen MR) is 34.2 cm³/mol. The van der Waals surface area contributed by atoms with E-state index in [4.69, 9.17) is 10.2 Å². The summed E-state index contributed by atoms with van der Waals surface area (Å²) in [6, 6.07) is 0. The van der Waals surface area contributed by atoms with Crippen molar-refractivity contribution in [1.29, 1.82) is 0 Å². The summed E-state index contributed by atoms with van der Waals surface area (Å²) in [6.45, 7) is 0.390. The molecule has 0 aliphatic heterocycles. The first-order chi connectivity index (χ1) is 2.91. The second kappa shape index (κ2) is 33.8. The molecule has 0 atom stereocenters. The summed E-state index contributed by atoms with van der Waals surface area (Å²) in [4.78, 5) is 0. The van der Waals surface area contributed by atoms with Crippen LogP contribution in [0.2, 0.25) is 0 Å². The van der Waals surface area contributed by atoms with E-state index < -0.39 is 0 Å². The van der Waals surface area contributed by atoms with E-state index >= 15 is 0 Å². The molecule has 0 amide bonds. The molecule has 0 aliphatic rings. The molecule has 0 bridgehead atoms. The van der Waals surface area contributed by atoms with Crippen LogP contribution in [-0.2, 0) is 21.7 Å². The van der Waals surface area contributed by atoms with Crippen molar-refractivity contribution in [2.75, 3.05) is 13.2 Å². The summed E-state index contributed by atoms with van der Waals surface area (Å²) >= 11 is 0. The SMILES string of the molecule is O.O.O.OCCCCO.[Ti]. The molecule has 66 valence electrons. The minimum atomic E-state index is 0. The van der Waals surface area contributed by atoms with Gasteiger partial charge in [-0.05, 0) is 12.8 Å². The zero-order valence-corrected chi connectivity index (χ0v) is 7.28. The van der Waals surface area contributed by atoms with Gasteiger partial charge in [0.1, 0.15) is 0 Å². The molecular formula is C4H16O5Ti. The first-order valence-corrected chi connectivity index (χ1v) is 2.13. The maximum absolute atomic E-state index is 8.09. The van der Waals surface area contributed by atoms with E-state index in [1.54, 1.807) is 0 Å². The predicted octanol–water partition coefficient (Wildman–Crippen LogP) is -2.73. The van der Waals surface area contributed by atoms with Gasteiger partial charge in [-0.3, -0.25) is 0 Å². The Morgan fingerprint density at radius 1 is 0.700 bits per heavy atom. The van der Waals surface area contributed by atoms with Gasteiger partial charge in [-0.25, -0.2) is 0 Å². The van der Waals surface area contributed by atoms with Crippen molar-refractivity contribution in [2.45, 2.75) is 12.8 Å². The first kappa shape index (κ1) is 31.3. The van der Waals surface area contributed by atoms with Crippen LogP contribution in [0.15, 0.2) is 0 Å². The van der Waals surface area contributed by atoms with Crippen molar-refractivity contribution in [2.24, 2.45) is 0 Å².